The summed E-state index contributed by atoms with van der Waals surface area (Å²) in [5, 5.41) is 10.4. The second-order valence-corrected chi connectivity index (χ2v) is 3.85. The summed E-state index contributed by atoms with van der Waals surface area (Å²) in [6, 6.07) is 3.08. The van der Waals surface area contributed by atoms with E-state index >= 15 is 0 Å². The van der Waals surface area contributed by atoms with Gasteiger partial charge >= 0.3 is 12.1 Å². The second kappa shape index (κ2) is 6.27. The van der Waals surface area contributed by atoms with Crippen LogP contribution < -0.4 is 10.1 Å². The number of benzene rings is 1. The molecule has 0 unspecified atom stereocenters. The summed E-state index contributed by atoms with van der Waals surface area (Å²) in [5.41, 5.74) is -1.49. The van der Waals surface area contributed by atoms with Gasteiger partial charge in [-0.2, -0.15) is 13.2 Å². The Kier molecular flexibility index (Phi) is 4.95. The van der Waals surface area contributed by atoms with Crippen LogP contribution in [0, 0.1) is 0 Å². The van der Waals surface area contributed by atoms with Crippen molar-refractivity contribution in [3.05, 3.63) is 23.8 Å². The van der Waals surface area contributed by atoms with Gasteiger partial charge in [-0.25, -0.2) is 0 Å². The molecule has 110 valence electrons. The van der Waals surface area contributed by atoms with E-state index in [2.05, 4.69) is 0 Å². The summed E-state index contributed by atoms with van der Waals surface area (Å²) in [5.74, 6) is -2.00. The fraction of sp³-hybridized carbons (Fsp3) is 0.333. The van der Waals surface area contributed by atoms with Crippen molar-refractivity contribution in [3.8, 4) is 5.75 Å². The molecule has 0 bridgehead atoms. The minimum absolute atomic E-state index is 0.000796. The van der Waals surface area contributed by atoms with Gasteiger partial charge in [0, 0.05) is 6.42 Å². The standard InChI is InChI=1S/C12H12F3NO4/c1-20-7-2-3-9(8(6-7)12(13,14)15)16-10(17)4-5-11(18)19/h2-3,6H,4-5H2,1H3,(H,16,17)(H,18,19). The number of nitrogens with one attached hydrogen (secondary N) is 1. The number of hydrogen-bond acceptors (Lipinski definition) is 3. The molecule has 5 nitrogen and oxygen atoms in total. The van der Waals surface area contributed by atoms with E-state index in [9.17, 15) is 22.8 Å². The van der Waals surface area contributed by atoms with Crippen molar-refractivity contribution >= 4 is 17.6 Å². The molecule has 0 aliphatic carbocycles. The number of amides is 1. The predicted molar refractivity (Wildman–Crippen MR) is 63.5 cm³/mol. The summed E-state index contributed by atoms with van der Waals surface area (Å²) in [6.45, 7) is 0. The number of methoxy groups -OCH3 is 1. The Morgan fingerprint density at radius 2 is 1.95 bits per heavy atom. The Morgan fingerprint density at radius 1 is 1.30 bits per heavy atom. The van der Waals surface area contributed by atoms with Gasteiger partial charge in [-0.3, -0.25) is 9.59 Å². The zero-order chi connectivity index (χ0) is 15.3. The molecule has 8 heteroatoms. The number of carboxylic acids is 1. The topological polar surface area (TPSA) is 75.6 Å². The molecule has 0 atom stereocenters. The molecule has 0 saturated carbocycles. The van der Waals surface area contributed by atoms with Crippen molar-refractivity contribution in [1.82, 2.24) is 0 Å². The third-order valence-electron chi connectivity index (χ3n) is 2.37. The number of halogens is 3. The molecule has 1 amide bonds. The maximum absolute atomic E-state index is 12.8. The van der Waals surface area contributed by atoms with Gasteiger partial charge in [0.2, 0.25) is 5.91 Å². The van der Waals surface area contributed by atoms with E-state index in [0.29, 0.717) is 0 Å². The van der Waals surface area contributed by atoms with Gasteiger partial charge < -0.3 is 15.2 Å². The molecule has 0 aliphatic rings. The maximum atomic E-state index is 12.8. The van der Waals surface area contributed by atoms with Gasteiger partial charge in [0.25, 0.3) is 0 Å². The first-order valence-corrected chi connectivity index (χ1v) is 5.51. The molecule has 0 radical (unpaired) electrons. The van der Waals surface area contributed by atoms with Crippen molar-refractivity contribution in [2.45, 2.75) is 19.0 Å². The predicted octanol–water partition coefficient (Wildman–Crippen LogP) is 2.52. The first kappa shape index (κ1) is 15.8. The average Bonchev–Trinajstić information content (AvgIpc) is 2.35. The van der Waals surface area contributed by atoms with Crippen LogP contribution in [-0.4, -0.2) is 24.1 Å². The molecule has 0 fully saturated rings. The van der Waals surface area contributed by atoms with E-state index < -0.39 is 42.1 Å². The highest BCUT2D eigenvalue weighted by Crippen LogP contribution is 2.37. The van der Waals surface area contributed by atoms with Gasteiger partial charge in [0.15, 0.2) is 0 Å². The summed E-state index contributed by atoms with van der Waals surface area (Å²) >= 11 is 0. The van der Waals surface area contributed by atoms with E-state index in [1.54, 1.807) is 0 Å². The highest BCUT2D eigenvalue weighted by molar-refractivity contribution is 5.93. The van der Waals surface area contributed by atoms with E-state index in [4.69, 9.17) is 9.84 Å². The third kappa shape index (κ3) is 4.45. The second-order valence-electron chi connectivity index (χ2n) is 3.85. The molecular formula is C12H12F3NO4. The molecule has 0 saturated heterocycles. The fourth-order valence-corrected chi connectivity index (χ4v) is 1.43. The summed E-state index contributed by atoms with van der Waals surface area (Å²) in [6.07, 6.45) is -5.52. The van der Waals surface area contributed by atoms with Crippen LogP contribution in [0.25, 0.3) is 0 Å². The Labute approximate surface area is 112 Å². The molecule has 0 aromatic heterocycles. The molecule has 2 N–H and O–H groups in total. The SMILES string of the molecule is COc1ccc(NC(=O)CCC(=O)O)c(C(F)(F)F)c1. The normalized spacial score (nSPS) is 11.0. The molecular weight excluding hydrogens is 279 g/mol. The molecule has 20 heavy (non-hydrogen) atoms. The molecule has 0 aliphatic heterocycles. The Hall–Kier alpha value is -2.25. The maximum Gasteiger partial charge on any atom is 0.418 e. The molecule has 1 aromatic rings. The van der Waals surface area contributed by atoms with Gasteiger partial charge in [-0.1, -0.05) is 0 Å². The van der Waals surface area contributed by atoms with Crippen LogP contribution in [-0.2, 0) is 15.8 Å². The third-order valence-corrected chi connectivity index (χ3v) is 2.37. The number of alkyl halides is 3. The molecule has 0 spiro atoms. The molecule has 1 aromatic carbocycles. The minimum Gasteiger partial charge on any atom is -0.497 e. The van der Waals surface area contributed by atoms with Crippen molar-refractivity contribution in [3.63, 3.8) is 0 Å². The number of hydrogen-bond donors (Lipinski definition) is 2. The Bertz CT molecular complexity index is 514. The van der Waals surface area contributed by atoms with Gasteiger partial charge in [-0.15, -0.1) is 0 Å². The number of aliphatic carboxylic acids is 1. The van der Waals surface area contributed by atoms with Crippen LogP contribution in [0.2, 0.25) is 0 Å². The van der Waals surface area contributed by atoms with Gasteiger partial charge in [0.05, 0.1) is 24.8 Å². The highest BCUT2D eigenvalue weighted by atomic mass is 19.4. The number of rotatable bonds is 5. The van der Waals surface area contributed by atoms with E-state index in [0.717, 1.165) is 12.1 Å². The number of carbonyl (C=O) groups excluding carboxylic acids is 1. The smallest absolute Gasteiger partial charge is 0.418 e. The number of carbonyl (C=O) groups is 2. The monoisotopic (exact) mass is 291 g/mol. The van der Waals surface area contributed by atoms with Crippen LogP contribution >= 0.6 is 0 Å². The Morgan fingerprint density at radius 3 is 2.45 bits per heavy atom. The number of ether oxygens (including phenoxy) is 1. The lowest BCUT2D eigenvalue weighted by Gasteiger charge is -2.14. The molecule has 1 rings (SSSR count). The van der Waals surface area contributed by atoms with Crippen LogP contribution in [0.4, 0.5) is 18.9 Å². The van der Waals surface area contributed by atoms with Crippen molar-refractivity contribution in [2.75, 3.05) is 12.4 Å². The highest BCUT2D eigenvalue weighted by Gasteiger charge is 2.34. The van der Waals surface area contributed by atoms with E-state index in [1.165, 1.54) is 13.2 Å². The van der Waals surface area contributed by atoms with Crippen LogP contribution in [0.3, 0.4) is 0 Å². The number of carboxylic acid groups (broad SMARTS) is 1. The Balaban J connectivity index is 2.94. The van der Waals surface area contributed by atoms with Gasteiger partial charge in [-0.05, 0) is 18.2 Å². The van der Waals surface area contributed by atoms with Crippen LogP contribution in [0.15, 0.2) is 18.2 Å². The van der Waals surface area contributed by atoms with Crippen molar-refractivity contribution < 1.29 is 32.6 Å². The average molecular weight is 291 g/mol. The zero-order valence-electron chi connectivity index (χ0n) is 10.5. The summed E-state index contributed by atoms with van der Waals surface area (Å²) in [4.78, 5) is 21.7. The van der Waals surface area contributed by atoms with Crippen LogP contribution in [0.5, 0.6) is 5.75 Å². The quantitative estimate of drug-likeness (QED) is 0.874. The van der Waals surface area contributed by atoms with Crippen LogP contribution in [0.1, 0.15) is 18.4 Å². The first-order valence-electron chi connectivity index (χ1n) is 5.51. The van der Waals surface area contributed by atoms with Crippen molar-refractivity contribution in [1.29, 1.82) is 0 Å². The van der Waals surface area contributed by atoms with E-state index in [-0.39, 0.29) is 5.75 Å². The summed E-state index contributed by atoms with van der Waals surface area (Å²) < 4.78 is 43.2. The van der Waals surface area contributed by atoms with Gasteiger partial charge in [0.1, 0.15) is 5.75 Å². The lowest BCUT2D eigenvalue weighted by molar-refractivity contribution is -0.139. The summed E-state index contributed by atoms with van der Waals surface area (Å²) in [7, 11) is 1.22. The lowest BCUT2D eigenvalue weighted by atomic mass is 10.1. The van der Waals surface area contributed by atoms with E-state index in [1.807, 2.05) is 5.32 Å². The zero-order valence-corrected chi connectivity index (χ0v) is 10.5. The van der Waals surface area contributed by atoms with Crippen molar-refractivity contribution in [2.24, 2.45) is 0 Å². The lowest BCUT2D eigenvalue weighted by Crippen LogP contribution is -2.17. The largest absolute Gasteiger partial charge is 0.497 e. The fourth-order valence-electron chi connectivity index (χ4n) is 1.43. The molecule has 0 heterocycles. The minimum atomic E-state index is -4.66. The number of anilines is 1. The first-order chi connectivity index (χ1) is 9.24.